The second-order valence-electron chi connectivity index (χ2n) is 5.48. The summed E-state index contributed by atoms with van der Waals surface area (Å²) in [5, 5.41) is 3.93. The first kappa shape index (κ1) is 20.5. The van der Waals surface area contributed by atoms with Crippen LogP contribution in [0.25, 0.3) is 11.4 Å². The lowest BCUT2D eigenvalue weighted by atomic mass is 10.2. The molecular weight excluding hydrogens is 474 g/mol. The average Bonchev–Trinajstić information content (AvgIpc) is 3.15. The number of halogens is 2. The maximum absolute atomic E-state index is 12.5. The molecule has 0 unspecified atom stereocenters. The Labute approximate surface area is 174 Å². The van der Waals surface area contributed by atoms with Gasteiger partial charge in [-0.2, -0.15) is 4.98 Å². The lowest BCUT2D eigenvalue weighted by molar-refractivity contribution is 0.0600. The molecule has 11 heteroatoms. The minimum atomic E-state index is -3.95. The minimum Gasteiger partial charge on any atom is -0.465 e. The number of rotatable bonds is 6. The van der Waals surface area contributed by atoms with E-state index in [1.165, 1.54) is 19.2 Å². The largest absolute Gasteiger partial charge is 0.465 e. The van der Waals surface area contributed by atoms with Crippen molar-refractivity contribution in [3.8, 4) is 11.4 Å². The maximum Gasteiger partial charge on any atom is 0.339 e. The van der Waals surface area contributed by atoms with Gasteiger partial charge in [0.25, 0.3) is 0 Å². The van der Waals surface area contributed by atoms with Gasteiger partial charge in [-0.1, -0.05) is 44.8 Å². The number of carbonyl (C=O) groups excluding carboxylic acids is 1. The van der Waals surface area contributed by atoms with Crippen molar-refractivity contribution in [2.45, 2.75) is 11.4 Å². The lowest BCUT2D eigenvalue weighted by Crippen LogP contribution is -2.23. The van der Waals surface area contributed by atoms with Crippen LogP contribution in [0.3, 0.4) is 0 Å². The number of methoxy groups -OCH3 is 1. The molecule has 0 saturated heterocycles. The van der Waals surface area contributed by atoms with E-state index in [9.17, 15) is 13.2 Å². The number of hydrogen-bond donors (Lipinski definition) is 1. The number of carbonyl (C=O) groups is 1. The Morgan fingerprint density at radius 2 is 2.07 bits per heavy atom. The number of esters is 1. The van der Waals surface area contributed by atoms with Crippen molar-refractivity contribution >= 4 is 43.5 Å². The summed E-state index contributed by atoms with van der Waals surface area (Å²) in [6.07, 6.45) is 0. The highest BCUT2D eigenvalue weighted by atomic mass is 79.9. The van der Waals surface area contributed by atoms with Gasteiger partial charge in [0.05, 0.1) is 29.1 Å². The van der Waals surface area contributed by atoms with Gasteiger partial charge in [-0.25, -0.2) is 17.9 Å². The molecule has 0 atom stereocenters. The topological polar surface area (TPSA) is 111 Å². The molecule has 1 N–H and O–H groups in total. The zero-order valence-electron chi connectivity index (χ0n) is 14.3. The van der Waals surface area contributed by atoms with Gasteiger partial charge in [0, 0.05) is 10.0 Å². The van der Waals surface area contributed by atoms with Gasteiger partial charge in [-0.3, -0.25) is 0 Å². The predicted octanol–water partition coefficient (Wildman–Crippen LogP) is 3.42. The average molecular weight is 487 g/mol. The molecule has 0 amide bonds. The molecule has 0 aliphatic rings. The standard InChI is InChI=1S/C17H13BrClN3O5S/c1-26-17(23)13-8-12(5-6-14(13)19)28(24,25)20-9-15-21-16(22-27-15)10-3-2-4-11(18)7-10/h2-8,20H,9H2,1H3. The van der Waals surface area contributed by atoms with Gasteiger partial charge < -0.3 is 9.26 Å². The van der Waals surface area contributed by atoms with Gasteiger partial charge in [0.15, 0.2) is 0 Å². The predicted molar refractivity (Wildman–Crippen MR) is 104 cm³/mol. The third-order valence-electron chi connectivity index (χ3n) is 3.62. The summed E-state index contributed by atoms with van der Waals surface area (Å²) in [6.45, 7) is -0.223. The van der Waals surface area contributed by atoms with Crippen molar-refractivity contribution in [3.63, 3.8) is 0 Å². The molecular formula is C17H13BrClN3O5S. The molecule has 0 radical (unpaired) electrons. The first-order valence-corrected chi connectivity index (χ1v) is 10.4. The zero-order chi connectivity index (χ0) is 20.3. The third kappa shape index (κ3) is 4.58. The highest BCUT2D eigenvalue weighted by Crippen LogP contribution is 2.22. The summed E-state index contributed by atoms with van der Waals surface area (Å²) < 4.78 is 37.9. The summed E-state index contributed by atoms with van der Waals surface area (Å²) in [5.74, 6) is -0.326. The number of sulfonamides is 1. The van der Waals surface area contributed by atoms with Crippen molar-refractivity contribution < 1.29 is 22.5 Å². The maximum atomic E-state index is 12.5. The zero-order valence-corrected chi connectivity index (χ0v) is 17.5. The van der Waals surface area contributed by atoms with E-state index in [2.05, 4.69) is 35.5 Å². The van der Waals surface area contributed by atoms with Crippen molar-refractivity contribution in [2.24, 2.45) is 0 Å². The van der Waals surface area contributed by atoms with Gasteiger partial charge in [-0.05, 0) is 30.3 Å². The summed E-state index contributed by atoms with van der Waals surface area (Å²) in [5.41, 5.74) is 0.662. The van der Waals surface area contributed by atoms with Crippen LogP contribution in [0.1, 0.15) is 16.2 Å². The molecule has 1 aromatic heterocycles. The Kier molecular flexibility index (Phi) is 6.14. The Morgan fingerprint density at radius 3 is 2.79 bits per heavy atom. The number of nitrogens with one attached hydrogen (secondary N) is 1. The van der Waals surface area contributed by atoms with Gasteiger partial charge in [-0.15, -0.1) is 0 Å². The Hall–Kier alpha value is -2.27. The van der Waals surface area contributed by atoms with E-state index in [-0.39, 0.29) is 27.9 Å². The molecule has 2 aromatic carbocycles. The number of aromatic nitrogens is 2. The highest BCUT2D eigenvalue weighted by Gasteiger charge is 2.20. The van der Waals surface area contributed by atoms with Crippen LogP contribution in [-0.2, 0) is 21.3 Å². The van der Waals surface area contributed by atoms with Crippen LogP contribution in [0.15, 0.2) is 56.4 Å². The van der Waals surface area contributed by atoms with Crippen LogP contribution in [-0.4, -0.2) is 31.6 Å². The van der Waals surface area contributed by atoms with Crippen molar-refractivity contribution in [1.29, 1.82) is 0 Å². The minimum absolute atomic E-state index is 0.0539. The van der Waals surface area contributed by atoms with Crippen LogP contribution < -0.4 is 4.72 Å². The number of nitrogens with zero attached hydrogens (tertiary/aromatic N) is 2. The monoisotopic (exact) mass is 485 g/mol. The second kappa shape index (κ2) is 8.39. The summed E-state index contributed by atoms with van der Waals surface area (Å²) in [7, 11) is -2.78. The molecule has 0 spiro atoms. The van der Waals surface area contributed by atoms with Crippen LogP contribution in [0.4, 0.5) is 0 Å². The molecule has 0 aliphatic heterocycles. The number of benzene rings is 2. The first-order chi connectivity index (χ1) is 13.3. The molecule has 1 heterocycles. The molecule has 146 valence electrons. The molecule has 0 aliphatic carbocycles. The van der Waals surface area contributed by atoms with E-state index < -0.39 is 16.0 Å². The third-order valence-corrected chi connectivity index (χ3v) is 5.84. The fourth-order valence-electron chi connectivity index (χ4n) is 2.25. The van der Waals surface area contributed by atoms with Gasteiger partial charge in [0.1, 0.15) is 0 Å². The van der Waals surface area contributed by atoms with Crippen molar-refractivity contribution in [3.05, 3.63) is 63.4 Å². The SMILES string of the molecule is COC(=O)c1cc(S(=O)(=O)NCc2nc(-c3cccc(Br)c3)no2)ccc1Cl. The van der Waals surface area contributed by atoms with E-state index in [1.807, 2.05) is 12.1 Å². The fraction of sp³-hybridized carbons (Fsp3) is 0.118. The Morgan fingerprint density at radius 1 is 1.29 bits per heavy atom. The molecule has 0 bridgehead atoms. The lowest BCUT2D eigenvalue weighted by Gasteiger charge is -2.07. The Bertz CT molecular complexity index is 1130. The second-order valence-corrected chi connectivity index (χ2v) is 8.57. The summed E-state index contributed by atoms with van der Waals surface area (Å²) in [6, 6.07) is 11.0. The van der Waals surface area contributed by atoms with E-state index >= 15 is 0 Å². The fourth-order valence-corrected chi connectivity index (χ4v) is 3.84. The van der Waals surface area contributed by atoms with Gasteiger partial charge in [0.2, 0.25) is 21.7 Å². The van der Waals surface area contributed by atoms with E-state index in [0.717, 1.165) is 10.5 Å². The molecule has 0 fully saturated rings. The normalized spacial score (nSPS) is 11.4. The van der Waals surface area contributed by atoms with E-state index in [4.69, 9.17) is 16.1 Å². The molecule has 3 aromatic rings. The van der Waals surface area contributed by atoms with Crippen molar-refractivity contribution in [1.82, 2.24) is 14.9 Å². The molecule has 28 heavy (non-hydrogen) atoms. The van der Waals surface area contributed by atoms with Crippen LogP contribution >= 0.6 is 27.5 Å². The van der Waals surface area contributed by atoms with Crippen LogP contribution in [0, 0.1) is 0 Å². The van der Waals surface area contributed by atoms with E-state index in [1.54, 1.807) is 12.1 Å². The molecule has 0 saturated carbocycles. The molecule has 8 nitrogen and oxygen atoms in total. The smallest absolute Gasteiger partial charge is 0.339 e. The Balaban J connectivity index is 1.76. The first-order valence-electron chi connectivity index (χ1n) is 7.76. The highest BCUT2D eigenvalue weighted by molar-refractivity contribution is 9.10. The summed E-state index contributed by atoms with van der Waals surface area (Å²) >= 11 is 9.27. The van der Waals surface area contributed by atoms with E-state index in [0.29, 0.717) is 11.4 Å². The van der Waals surface area contributed by atoms with Crippen LogP contribution in [0.2, 0.25) is 5.02 Å². The van der Waals surface area contributed by atoms with Crippen LogP contribution in [0.5, 0.6) is 0 Å². The quantitative estimate of drug-likeness (QED) is 0.531. The summed E-state index contributed by atoms with van der Waals surface area (Å²) in [4.78, 5) is 15.7. The number of ether oxygens (including phenoxy) is 1. The van der Waals surface area contributed by atoms with Crippen molar-refractivity contribution in [2.75, 3.05) is 7.11 Å². The van der Waals surface area contributed by atoms with Gasteiger partial charge >= 0.3 is 5.97 Å². The number of hydrogen-bond acceptors (Lipinski definition) is 7. The molecule has 3 rings (SSSR count).